The van der Waals surface area contributed by atoms with Gasteiger partial charge >= 0.3 is 0 Å². The summed E-state index contributed by atoms with van der Waals surface area (Å²) in [5.41, 5.74) is 4.55. The van der Waals surface area contributed by atoms with E-state index in [1.807, 2.05) is 6.92 Å². The third-order valence-corrected chi connectivity index (χ3v) is 3.75. The molecule has 2 aromatic rings. The van der Waals surface area contributed by atoms with Crippen LogP contribution < -0.4 is 0 Å². The predicted molar refractivity (Wildman–Crippen MR) is 103 cm³/mol. The van der Waals surface area contributed by atoms with Crippen molar-refractivity contribution >= 4 is 16.8 Å². The summed E-state index contributed by atoms with van der Waals surface area (Å²) < 4.78 is 0. The fourth-order valence-electron chi connectivity index (χ4n) is 2.54. The first-order chi connectivity index (χ1) is 11.1. The zero-order chi connectivity index (χ0) is 16.7. The summed E-state index contributed by atoms with van der Waals surface area (Å²) in [5, 5.41) is 2.53. The second-order valence-electron chi connectivity index (χ2n) is 5.88. The third-order valence-electron chi connectivity index (χ3n) is 3.75. The Morgan fingerprint density at radius 1 is 1.04 bits per heavy atom. The van der Waals surface area contributed by atoms with Crippen LogP contribution in [0.1, 0.15) is 39.2 Å². The van der Waals surface area contributed by atoms with E-state index in [1.54, 1.807) is 0 Å². The predicted octanol–water partition coefficient (Wildman–Crippen LogP) is 6.55. The van der Waals surface area contributed by atoms with Gasteiger partial charge in [0.15, 0.2) is 0 Å². The summed E-state index contributed by atoms with van der Waals surface area (Å²) in [4.78, 5) is 0. The minimum atomic E-state index is 0.894. The van der Waals surface area contributed by atoms with E-state index in [0.717, 1.165) is 24.0 Å². The molecule has 116 valence electrons. The van der Waals surface area contributed by atoms with Crippen LogP contribution in [0.25, 0.3) is 16.8 Å². The van der Waals surface area contributed by atoms with Gasteiger partial charge in [-0.2, -0.15) is 0 Å². The smallest absolute Gasteiger partial charge is 0.0238 e. The topological polar surface area (TPSA) is 0 Å². The molecule has 0 saturated carbocycles. The lowest BCUT2D eigenvalue weighted by Gasteiger charge is -2.04. The van der Waals surface area contributed by atoms with Gasteiger partial charge in [-0.1, -0.05) is 85.9 Å². The molecule has 0 heteroatoms. The molecule has 2 aromatic carbocycles. The Labute approximate surface area is 140 Å². The van der Waals surface area contributed by atoms with Crippen molar-refractivity contribution in [1.82, 2.24) is 0 Å². The Morgan fingerprint density at radius 2 is 1.78 bits per heavy atom. The molecular formula is C23H24. The molecule has 0 aliphatic rings. The SMILES string of the molecule is C=C(C)C#CC(/C=C/c1cccc2ccccc12)=C(/C)CCC. The molecule has 0 bridgehead atoms. The zero-order valence-electron chi connectivity index (χ0n) is 14.3. The standard InChI is InChI=1S/C23H24/c1-5-9-19(4)20(15-14-18(2)3)16-17-22-12-8-11-21-10-6-7-13-23(21)22/h6-8,10-13,16-17H,2,5,9H2,1,3-4H3/b17-16+,20-19+. The van der Waals surface area contributed by atoms with Crippen LogP contribution in [-0.4, -0.2) is 0 Å². The number of hydrogen-bond donors (Lipinski definition) is 0. The highest BCUT2D eigenvalue weighted by molar-refractivity contribution is 5.90. The third kappa shape index (κ3) is 4.73. The van der Waals surface area contributed by atoms with Crippen molar-refractivity contribution in [1.29, 1.82) is 0 Å². The molecule has 0 radical (unpaired) electrons. The molecule has 0 spiro atoms. The Balaban J connectivity index is 2.42. The molecule has 0 heterocycles. The molecular weight excluding hydrogens is 276 g/mol. The first kappa shape index (κ1) is 16.8. The molecule has 2 rings (SSSR count). The number of hydrogen-bond acceptors (Lipinski definition) is 0. The van der Waals surface area contributed by atoms with Crippen molar-refractivity contribution in [2.24, 2.45) is 0 Å². The van der Waals surface area contributed by atoms with Crippen molar-refractivity contribution in [3.05, 3.63) is 77.4 Å². The van der Waals surface area contributed by atoms with Crippen LogP contribution in [-0.2, 0) is 0 Å². The number of rotatable bonds is 4. The van der Waals surface area contributed by atoms with Crippen molar-refractivity contribution in [3.63, 3.8) is 0 Å². The average molecular weight is 300 g/mol. The molecule has 0 N–H and O–H groups in total. The highest BCUT2D eigenvalue weighted by Gasteiger charge is 1.99. The van der Waals surface area contributed by atoms with Crippen molar-refractivity contribution in [3.8, 4) is 11.8 Å². The van der Waals surface area contributed by atoms with Gasteiger partial charge in [-0.05, 0) is 48.3 Å². The molecule has 0 atom stereocenters. The highest BCUT2D eigenvalue weighted by Crippen LogP contribution is 2.21. The lowest BCUT2D eigenvalue weighted by atomic mass is 10.0. The first-order valence-electron chi connectivity index (χ1n) is 8.15. The van der Waals surface area contributed by atoms with Crippen LogP contribution in [0.3, 0.4) is 0 Å². The van der Waals surface area contributed by atoms with E-state index in [-0.39, 0.29) is 0 Å². The van der Waals surface area contributed by atoms with E-state index in [2.05, 4.69) is 86.9 Å². The highest BCUT2D eigenvalue weighted by atomic mass is 14.0. The molecule has 0 fully saturated rings. The zero-order valence-corrected chi connectivity index (χ0v) is 14.3. The molecule has 0 aliphatic carbocycles. The first-order valence-corrected chi connectivity index (χ1v) is 8.15. The molecule has 0 aliphatic heterocycles. The summed E-state index contributed by atoms with van der Waals surface area (Å²) in [7, 11) is 0. The number of benzene rings is 2. The molecule has 0 saturated heterocycles. The van der Waals surface area contributed by atoms with Crippen LogP contribution in [0.15, 0.2) is 71.8 Å². The maximum absolute atomic E-state index is 3.87. The second kappa shape index (κ2) is 8.20. The quantitative estimate of drug-likeness (QED) is 0.443. The van der Waals surface area contributed by atoms with Gasteiger partial charge in [-0.25, -0.2) is 0 Å². The van der Waals surface area contributed by atoms with Crippen LogP contribution in [0.2, 0.25) is 0 Å². The molecule has 0 unspecified atom stereocenters. The Hall–Kier alpha value is -2.52. The average Bonchev–Trinajstić information content (AvgIpc) is 2.55. The van der Waals surface area contributed by atoms with Gasteiger partial charge < -0.3 is 0 Å². The van der Waals surface area contributed by atoms with Crippen LogP contribution >= 0.6 is 0 Å². The summed E-state index contributed by atoms with van der Waals surface area (Å²) in [6.07, 6.45) is 6.51. The lowest BCUT2D eigenvalue weighted by molar-refractivity contribution is 0.901. The van der Waals surface area contributed by atoms with Gasteiger partial charge in [-0.15, -0.1) is 0 Å². The van der Waals surface area contributed by atoms with Crippen LogP contribution in [0, 0.1) is 11.8 Å². The summed E-state index contributed by atoms with van der Waals surface area (Å²) in [6.45, 7) is 10.2. The maximum Gasteiger partial charge on any atom is 0.0238 e. The largest absolute Gasteiger partial charge is 0.0877 e. The van der Waals surface area contributed by atoms with E-state index in [0.29, 0.717) is 0 Å². The van der Waals surface area contributed by atoms with E-state index < -0.39 is 0 Å². The van der Waals surface area contributed by atoms with Crippen molar-refractivity contribution in [2.45, 2.75) is 33.6 Å². The molecule has 23 heavy (non-hydrogen) atoms. The number of fused-ring (bicyclic) bond motifs is 1. The van der Waals surface area contributed by atoms with Crippen LogP contribution in [0.5, 0.6) is 0 Å². The lowest BCUT2D eigenvalue weighted by Crippen LogP contribution is -1.84. The fraction of sp³-hybridized carbons (Fsp3) is 0.217. The summed E-state index contributed by atoms with van der Waals surface area (Å²) in [5.74, 6) is 6.37. The Bertz CT molecular complexity index is 814. The van der Waals surface area contributed by atoms with Crippen LogP contribution in [0.4, 0.5) is 0 Å². The van der Waals surface area contributed by atoms with Gasteiger partial charge in [0.1, 0.15) is 0 Å². The fourth-order valence-corrected chi connectivity index (χ4v) is 2.54. The minimum absolute atomic E-state index is 0.894. The van der Waals surface area contributed by atoms with E-state index in [4.69, 9.17) is 0 Å². The van der Waals surface area contributed by atoms with E-state index in [9.17, 15) is 0 Å². The van der Waals surface area contributed by atoms with Gasteiger partial charge in [0.05, 0.1) is 0 Å². The Kier molecular flexibility index (Phi) is 6.01. The summed E-state index contributed by atoms with van der Waals surface area (Å²) >= 11 is 0. The monoisotopic (exact) mass is 300 g/mol. The van der Waals surface area contributed by atoms with Crippen molar-refractivity contribution < 1.29 is 0 Å². The molecule has 0 nitrogen and oxygen atoms in total. The maximum atomic E-state index is 3.87. The number of allylic oxidation sites excluding steroid dienone is 4. The Morgan fingerprint density at radius 3 is 2.52 bits per heavy atom. The van der Waals surface area contributed by atoms with E-state index >= 15 is 0 Å². The van der Waals surface area contributed by atoms with Gasteiger partial charge in [-0.3, -0.25) is 0 Å². The van der Waals surface area contributed by atoms with Gasteiger partial charge in [0.25, 0.3) is 0 Å². The minimum Gasteiger partial charge on any atom is -0.0877 e. The van der Waals surface area contributed by atoms with Gasteiger partial charge in [0, 0.05) is 5.57 Å². The summed E-state index contributed by atoms with van der Waals surface area (Å²) in [6, 6.07) is 14.9. The molecule has 0 aromatic heterocycles. The second-order valence-corrected chi connectivity index (χ2v) is 5.88. The molecule has 0 amide bonds. The van der Waals surface area contributed by atoms with Crippen molar-refractivity contribution in [2.75, 3.05) is 0 Å². The van der Waals surface area contributed by atoms with E-state index in [1.165, 1.54) is 21.9 Å². The van der Waals surface area contributed by atoms with Gasteiger partial charge in [0.2, 0.25) is 0 Å². The normalized spacial score (nSPS) is 12.0.